The maximum Gasteiger partial charge on any atom is 0.318 e. The number of urea groups is 1. The number of likely N-dealkylation sites (tertiary alicyclic amines) is 1. The van der Waals surface area contributed by atoms with Gasteiger partial charge in [-0.1, -0.05) is 19.1 Å². The number of nitrogens with one attached hydrogen (secondary N) is 1. The van der Waals surface area contributed by atoms with E-state index < -0.39 is 5.54 Å². The zero-order valence-corrected chi connectivity index (χ0v) is 13.5. The normalized spacial score (nSPS) is 21.0. The number of carbonyl (C=O) groups is 1. The van der Waals surface area contributed by atoms with Gasteiger partial charge in [-0.25, -0.2) is 4.79 Å². The number of hydrogen-bond donors (Lipinski definition) is 2. The van der Waals surface area contributed by atoms with E-state index in [-0.39, 0.29) is 12.6 Å². The molecule has 5 nitrogen and oxygen atoms in total. The molecule has 0 aromatic heterocycles. The number of nitrogens with zero attached hydrogens (tertiary/aromatic N) is 1. The monoisotopic (exact) mass is 306 g/mol. The van der Waals surface area contributed by atoms with Crippen molar-refractivity contribution in [3.8, 4) is 5.75 Å². The first-order valence-electron chi connectivity index (χ1n) is 7.97. The highest BCUT2D eigenvalue weighted by Gasteiger charge is 2.38. The van der Waals surface area contributed by atoms with E-state index in [9.17, 15) is 9.90 Å². The van der Waals surface area contributed by atoms with Gasteiger partial charge >= 0.3 is 6.03 Å². The topological polar surface area (TPSA) is 61.8 Å². The summed E-state index contributed by atoms with van der Waals surface area (Å²) in [7, 11) is 0. The van der Waals surface area contributed by atoms with Crippen LogP contribution in [0.2, 0.25) is 0 Å². The van der Waals surface area contributed by atoms with Crippen LogP contribution in [0.4, 0.5) is 4.79 Å². The van der Waals surface area contributed by atoms with Crippen molar-refractivity contribution in [2.24, 2.45) is 0 Å². The Morgan fingerprint density at radius 1 is 1.50 bits per heavy atom. The molecule has 1 atom stereocenters. The summed E-state index contributed by atoms with van der Waals surface area (Å²) in [5.74, 6) is 0.829. The average Bonchev–Trinajstić information content (AvgIpc) is 2.93. The van der Waals surface area contributed by atoms with Gasteiger partial charge in [-0.3, -0.25) is 0 Å². The molecule has 0 saturated carbocycles. The summed E-state index contributed by atoms with van der Waals surface area (Å²) in [6.07, 6.45) is 2.75. The second-order valence-electron chi connectivity index (χ2n) is 6.06. The first kappa shape index (κ1) is 16.6. The molecule has 122 valence electrons. The molecule has 1 aromatic carbocycles. The molecular weight excluding hydrogens is 280 g/mol. The average molecular weight is 306 g/mol. The molecule has 0 bridgehead atoms. The molecule has 1 aliphatic rings. The molecule has 2 rings (SSSR count). The van der Waals surface area contributed by atoms with Crippen molar-refractivity contribution in [3.63, 3.8) is 0 Å². The van der Waals surface area contributed by atoms with Crippen LogP contribution in [0, 0.1) is 0 Å². The van der Waals surface area contributed by atoms with E-state index in [0.29, 0.717) is 19.7 Å². The molecule has 0 radical (unpaired) electrons. The van der Waals surface area contributed by atoms with Crippen LogP contribution in [0.1, 0.15) is 38.7 Å². The Morgan fingerprint density at radius 3 is 3.05 bits per heavy atom. The summed E-state index contributed by atoms with van der Waals surface area (Å²) in [4.78, 5) is 14.1. The summed E-state index contributed by atoms with van der Waals surface area (Å²) < 4.78 is 5.60. The van der Waals surface area contributed by atoms with Crippen molar-refractivity contribution < 1.29 is 14.6 Å². The van der Waals surface area contributed by atoms with Crippen LogP contribution in [-0.2, 0) is 6.54 Å². The first-order valence-corrected chi connectivity index (χ1v) is 7.97. The summed E-state index contributed by atoms with van der Waals surface area (Å²) in [6, 6.07) is 7.65. The van der Waals surface area contributed by atoms with Crippen molar-refractivity contribution >= 4 is 6.03 Å². The van der Waals surface area contributed by atoms with Crippen LogP contribution in [0.15, 0.2) is 24.3 Å². The van der Waals surface area contributed by atoms with Crippen molar-refractivity contribution in [2.75, 3.05) is 19.8 Å². The van der Waals surface area contributed by atoms with Gasteiger partial charge in [-0.05, 0) is 43.9 Å². The van der Waals surface area contributed by atoms with Crippen molar-refractivity contribution in [1.82, 2.24) is 10.2 Å². The Morgan fingerprint density at radius 2 is 2.32 bits per heavy atom. The second-order valence-corrected chi connectivity index (χ2v) is 6.06. The number of rotatable bonds is 6. The lowest BCUT2D eigenvalue weighted by Gasteiger charge is -2.33. The van der Waals surface area contributed by atoms with E-state index in [4.69, 9.17) is 4.74 Å². The molecule has 0 spiro atoms. The van der Waals surface area contributed by atoms with Gasteiger partial charge < -0.3 is 20.1 Å². The van der Waals surface area contributed by atoms with Gasteiger partial charge in [0.15, 0.2) is 0 Å². The number of carbonyl (C=O) groups excluding carboxylic acids is 1. The lowest BCUT2D eigenvalue weighted by molar-refractivity contribution is 0.0973. The molecule has 0 aliphatic carbocycles. The van der Waals surface area contributed by atoms with Gasteiger partial charge in [0.05, 0.1) is 18.8 Å². The van der Waals surface area contributed by atoms with Crippen LogP contribution in [0.3, 0.4) is 0 Å². The molecule has 1 fully saturated rings. The molecule has 5 heteroatoms. The number of aliphatic hydroxyl groups excluding tert-OH is 1. The van der Waals surface area contributed by atoms with E-state index in [2.05, 4.69) is 12.2 Å². The van der Waals surface area contributed by atoms with Crippen LogP contribution in [-0.4, -0.2) is 41.3 Å². The zero-order chi connectivity index (χ0) is 16.0. The molecule has 2 amide bonds. The smallest absolute Gasteiger partial charge is 0.318 e. The molecule has 1 heterocycles. The van der Waals surface area contributed by atoms with E-state index in [1.165, 1.54) is 0 Å². The Bertz CT molecular complexity index is 506. The molecule has 2 N–H and O–H groups in total. The molecule has 1 aromatic rings. The second kappa shape index (κ2) is 7.49. The van der Waals surface area contributed by atoms with Crippen molar-refractivity contribution in [1.29, 1.82) is 0 Å². The number of ether oxygens (including phenoxy) is 1. The number of hydrogen-bond acceptors (Lipinski definition) is 3. The SMILES string of the molecule is CCCOc1cccc(CNC(=O)N2CCCC2(C)CO)c1. The molecular formula is C17H26N2O3. The molecule has 1 saturated heterocycles. The predicted molar refractivity (Wildman–Crippen MR) is 85.9 cm³/mol. The minimum absolute atomic E-state index is 0.000757. The third kappa shape index (κ3) is 3.91. The largest absolute Gasteiger partial charge is 0.494 e. The first-order chi connectivity index (χ1) is 10.6. The number of aliphatic hydroxyl groups is 1. The van der Waals surface area contributed by atoms with E-state index in [0.717, 1.165) is 30.6 Å². The summed E-state index contributed by atoms with van der Waals surface area (Å²) in [5.41, 5.74) is 0.572. The van der Waals surface area contributed by atoms with Gasteiger partial charge in [0, 0.05) is 13.1 Å². The molecule has 1 unspecified atom stereocenters. The van der Waals surface area contributed by atoms with E-state index in [1.807, 2.05) is 31.2 Å². The highest BCUT2D eigenvalue weighted by Crippen LogP contribution is 2.28. The van der Waals surface area contributed by atoms with Gasteiger partial charge in [-0.15, -0.1) is 0 Å². The highest BCUT2D eigenvalue weighted by molar-refractivity contribution is 5.75. The fraction of sp³-hybridized carbons (Fsp3) is 0.588. The lowest BCUT2D eigenvalue weighted by Crippen LogP contribution is -2.51. The van der Waals surface area contributed by atoms with Crippen molar-refractivity contribution in [2.45, 2.75) is 45.2 Å². The Kier molecular flexibility index (Phi) is 5.66. The standard InChI is InChI=1S/C17H26N2O3/c1-3-10-22-15-7-4-6-14(11-15)12-18-16(21)19-9-5-8-17(19,2)13-20/h4,6-7,11,20H,3,5,8-10,12-13H2,1-2H3,(H,18,21). The number of benzene rings is 1. The number of amides is 2. The van der Waals surface area contributed by atoms with E-state index >= 15 is 0 Å². The Hall–Kier alpha value is -1.75. The van der Waals surface area contributed by atoms with Gasteiger partial charge in [-0.2, -0.15) is 0 Å². The highest BCUT2D eigenvalue weighted by atomic mass is 16.5. The quantitative estimate of drug-likeness (QED) is 0.849. The summed E-state index contributed by atoms with van der Waals surface area (Å²) >= 11 is 0. The van der Waals surface area contributed by atoms with Crippen LogP contribution in [0.25, 0.3) is 0 Å². The maximum absolute atomic E-state index is 12.3. The lowest BCUT2D eigenvalue weighted by atomic mass is 10.0. The van der Waals surface area contributed by atoms with Crippen LogP contribution in [0.5, 0.6) is 5.75 Å². The van der Waals surface area contributed by atoms with Crippen LogP contribution >= 0.6 is 0 Å². The summed E-state index contributed by atoms with van der Waals surface area (Å²) in [5, 5.41) is 12.4. The van der Waals surface area contributed by atoms with Crippen LogP contribution < -0.4 is 10.1 Å². The predicted octanol–water partition coefficient (Wildman–Crippen LogP) is 2.53. The van der Waals surface area contributed by atoms with Gasteiger partial charge in [0.2, 0.25) is 0 Å². The Labute approximate surface area is 132 Å². The van der Waals surface area contributed by atoms with Crippen molar-refractivity contribution in [3.05, 3.63) is 29.8 Å². The third-order valence-electron chi connectivity index (χ3n) is 4.15. The fourth-order valence-corrected chi connectivity index (χ4v) is 2.77. The molecule has 1 aliphatic heterocycles. The fourth-order valence-electron chi connectivity index (χ4n) is 2.77. The maximum atomic E-state index is 12.3. The van der Waals surface area contributed by atoms with E-state index in [1.54, 1.807) is 4.90 Å². The third-order valence-corrected chi connectivity index (χ3v) is 4.15. The van der Waals surface area contributed by atoms with Gasteiger partial charge in [0.1, 0.15) is 5.75 Å². The minimum atomic E-state index is -0.434. The molecule has 22 heavy (non-hydrogen) atoms. The summed E-state index contributed by atoms with van der Waals surface area (Å²) in [6.45, 7) is 5.85. The van der Waals surface area contributed by atoms with Gasteiger partial charge in [0.25, 0.3) is 0 Å². The minimum Gasteiger partial charge on any atom is -0.494 e. The zero-order valence-electron chi connectivity index (χ0n) is 13.5. The Balaban J connectivity index is 1.91.